The molecule has 0 bridgehead atoms. The molecule has 0 aliphatic carbocycles. The maximum atomic E-state index is 4.49. The molecule has 88 valence electrons. The number of nitrogens with zero attached hydrogens (tertiary/aromatic N) is 3. The normalized spacial score (nSPS) is 11.2. The lowest BCUT2D eigenvalue weighted by atomic mass is 10.1. The molecular formula is C15H13N3. The van der Waals surface area contributed by atoms with E-state index in [0.29, 0.717) is 11.0 Å². The third-order valence-electron chi connectivity index (χ3n) is 3.20. The Morgan fingerprint density at radius 2 is 1.50 bits per heavy atom. The van der Waals surface area contributed by atoms with Crippen molar-refractivity contribution in [1.82, 2.24) is 15.0 Å². The fourth-order valence-electron chi connectivity index (χ4n) is 1.97. The lowest BCUT2D eigenvalue weighted by Crippen LogP contribution is -2.25. The van der Waals surface area contributed by atoms with Gasteiger partial charge in [0.15, 0.2) is 11.3 Å². The molecule has 3 aromatic rings. The van der Waals surface area contributed by atoms with Gasteiger partial charge in [0, 0.05) is 16.5 Å². The highest BCUT2D eigenvalue weighted by Crippen LogP contribution is 2.17. The first kappa shape index (κ1) is 10.8. The third kappa shape index (κ3) is 1.56. The van der Waals surface area contributed by atoms with Crippen LogP contribution in [0.25, 0.3) is 35.2 Å². The van der Waals surface area contributed by atoms with Crippen LogP contribution in [0.4, 0.5) is 0 Å². The zero-order valence-corrected chi connectivity index (χ0v) is 10.5. The maximum absolute atomic E-state index is 4.49. The highest BCUT2D eigenvalue weighted by atomic mass is 14.9. The molecule has 3 nitrogen and oxygen atoms in total. The second-order valence-electron chi connectivity index (χ2n) is 4.57. The molecule has 0 amide bonds. The minimum atomic E-state index is 0.665. The average molecular weight is 235 g/mol. The molecular weight excluding hydrogens is 222 g/mol. The van der Waals surface area contributed by atoms with E-state index in [-0.39, 0.29) is 0 Å². The van der Waals surface area contributed by atoms with Gasteiger partial charge in [0.2, 0.25) is 0 Å². The van der Waals surface area contributed by atoms with Crippen molar-refractivity contribution in [2.75, 3.05) is 0 Å². The molecule has 0 aliphatic rings. The van der Waals surface area contributed by atoms with Gasteiger partial charge in [-0.3, -0.25) is 0 Å². The number of rotatable bonds is 0. The van der Waals surface area contributed by atoms with Crippen LogP contribution in [0.5, 0.6) is 0 Å². The standard InChI is InChI=1S/C15H13N3/c1-8-5-12-7-13-6-9(2)11(4)17-15(13)18-14(12)16-10(8)3/h5-7H,1,3H2,2,4H3. The molecule has 0 saturated heterocycles. The zero-order valence-electron chi connectivity index (χ0n) is 10.5. The lowest BCUT2D eigenvalue weighted by Gasteiger charge is -2.04. The van der Waals surface area contributed by atoms with Crippen molar-refractivity contribution in [3.05, 3.63) is 40.0 Å². The lowest BCUT2D eigenvalue weighted by molar-refractivity contribution is 1.16. The maximum Gasteiger partial charge on any atom is 0.162 e. The highest BCUT2D eigenvalue weighted by molar-refractivity contribution is 5.89. The summed E-state index contributed by atoms with van der Waals surface area (Å²) in [5, 5.41) is 3.51. The van der Waals surface area contributed by atoms with Crippen LogP contribution < -0.4 is 10.6 Å². The van der Waals surface area contributed by atoms with Crippen LogP contribution in [0.1, 0.15) is 11.3 Å². The SMILES string of the molecule is C=c1cc2cc3cc(C)c(C)nc3nc2nc1=C. The van der Waals surface area contributed by atoms with Gasteiger partial charge in [-0.1, -0.05) is 13.2 Å². The summed E-state index contributed by atoms with van der Waals surface area (Å²) < 4.78 is 0. The minimum Gasteiger partial charge on any atom is -0.233 e. The van der Waals surface area contributed by atoms with E-state index in [1.165, 1.54) is 5.56 Å². The second-order valence-corrected chi connectivity index (χ2v) is 4.57. The van der Waals surface area contributed by atoms with Crippen molar-refractivity contribution in [3.63, 3.8) is 0 Å². The van der Waals surface area contributed by atoms with Crippen LogP contribution in [0.15, 0.2) is 18.2 Å². The summed E-state index contributed by atoms with van der Waals surface area (Å²) in [5.41, 5.74) is 3.57. The Kier molecular flexibility index (Phi) is 2.17. The summed E-state index contributed by atoms with van der Waals surface area (Å²) in [7, 11) is 0. The Morgan fingerprint density at radius 1 is 0.833 bits per heavy atom. The molecule has 3 rings (SSSR count). The number of hydrogen-bond acceptors (Lipinski definition) is 3. The van der Waals surface area contributed by atoms with Crippen molar-refractivity contribution in [3.8, 4) is 0 Å². The van der Waals surface area contributed by atoms with Gasteiger partial charge in [0.05, 0.1) is 5.35 Å². The quantitative estimate of drug-likeness (QED) is 0.556. The molecule has 0 aromatic carbocycles. The van der Waals surface area contributed by atoms with Gasteiger partial charge >= 0.3 is 0 Å². The third-order valence-corrected chi connectivity index (χ3v) is 3.20. The van der Waals surface area contributed by atoms with Gasteiger partial charge in [-0.25, -0.2) is 15.0 Å². The predicted octanol–water partition coefficient (Wildman–Crippen LogP) is 1.62. The van der Waals surface area contributed by atoms with Crippen molar-refractivity contribution in [2.45, 2.75) is 13.8 Å². The van der Waals surface area contributed by atoms with Gasteiger partial charge in [-0.05, 0) is 42.8 Å². The Balaban J connectivity index is 2.51. The summed E-state index contributed by atoms with van der Waals surface area (Å²) in [5.74, 6) is 0. The molecule has 18 heavy (non-hydrogen) atoms. The number of pyridine rings is 3. The Hall–Kier alpha value is -2.29. The van der Waals surface area contributed by atoms with Crippen LogP contribution in [0.3, 0.4) is 0 Å². The van der Waals surface area contributed by atoms with Crippen LogP contribution in [-0.2, 0) is 0 Å². The highest BCUT2D eigenvalue weighted by Gasteiger charge is 2.04. The number of fused-ring (bicyclic) bond motifs is 2. The van der Waals surface area contributed by atoms with E-state index in [1.54, 1.807) is 0 Å². The zero-order chi connectivity index (χ0) is 12.9. The number of hydrogen-bond donors (Lipinski definition) is 0. The van der Waals surface area contributed by atoms with Crippen LogP contribution >= 0.6 is 0 Å². The summed E-state index contributed by atoms with van der Waals surface area (Å²) in [6.07, 6.45) is 0. The average Bonchev–Trinajstić information content (AvgIpc) is 2.31. The predicted molar refractivity (Wildman–Crippen MR) is 74.6 cm³/mol. The largest absolute Gasteiger partial charge is 0.233 e. The minimum absolute atomic E-state index is 0.665. The van der Waals surface area contributed by atoms with Crippen LogP contribution in [-0.4, -0.2) is 15.0 Å². The summed E-state index contributed by atoms with van der Waals surface area (Å²) >= 11 is 0. The van der Waals surface area contributed by atoms with Gasteiger partial charge in [-0.2, -0.15) is 0 Å². The van der Waals surface area contributed by atoms with Crippen LogP contribution in [0.2, 0.25) is 0 Å². The van der Waals surface area contributed by atoms with Crippen molar-refractivity contribution in [2.24, 2.45) is 0 Å². The molecule has 3 heterocycles. The van der Waals surface area contributed by atoms with Gasteiger partial charge in [0.25, 0.3) is 0 Å². The van der Waals surface area contributed by atoms with E-state index in [2.05, 4.69) is 47.2 Å². The van der Waals surface area contributed by atoms with E-state index >= 15 is 0 Å². The van der Waals surface area contributed by atoms with E-state index in [9.17, 15) is 0 Å². The summed E-state index contributed by atoms with van der Waals surface area (Å²) in [6, 6.07) is 6.12. The van der Waals surface area contributed by atoms with E-state index in [0.717, 1.165) is 27.3 Å². The van der Waals surface area contributed by atoms with E-state index < -0.39 is 0 Å². The van der Waals surface area contributed by atoms with E-state index in [1.807, 2.05) is 13.0 Å². The van der Waals surface area contributed by atoms with Gasteiger partial charge in [-0.15, -0.1) is 0 Å². The van der Waals surface area contributed by atoms with Crippen molar-refractivity contribution >= 4 is 35.2 Å². The Labute approximate surface area is 105 Å². The second kappa shape index (κ2) is 3.60. The molecule has 0 unspecified atom stereocenters. The Morgan fingerprint density at radius 3 is 2.28 bits per heavy atom. The fourth-order valence-corrected chi connectivity index (χ4v) is 1.97. The molecule has 0 saturated carbocycles. The molecule has 0 fully saturated rings. The van der Waals surface area contributed by atoms with Crippen LogP contribution in [0, 0.1) is 13.8 Å². The molecule has 0 radical (unpaired) electrons. The molecule has 0 atom stereocenters. The summed E-state index contributed by atoms with van der Waals surface area (Å²) in [6.45, 7) is 11.8. The fraction of sp³-hybridized carbons (Fsp3) is 0.133. The van der Waals surface area contributed by atoms with Gasteiger partial charge in [0.1, 0.15) is 0 Å². The topological polar surface area (TPSA) is 38.7 Å². The monoisotopic (exact) mass is 235 g/mol. The number of aromatic nitrogens is 3. The van der Waals surface area contributed by atoms with Crippen molar-refractivity contribution in [1.29, 1.82) is 0 Å². The van der Waals surface area contributed by atoms with Crippen molar-refractivity contribution < 1.29 is 0 Å². The first-order valence-electron chi connectivity index (χ1n) is 5.78. The van der Waals surface area contributed by atoms with Gasteiger partial charge < -0.3 is 0 Å². The first-order valence-corrected chi connectivity index (χ1v) is 5.78. The van der Waals surface area contributed by atoms with E-state index in [4.69, 9.17) is 0 Å². The molecule has 0 spiro atoms. The number of aryl methyl sites for hydroxylation is 2. The smallest absolute Gasteiger partial charge is 0.162 e. The molecule has 0 aliphatic heterocycles. The molecule has 0 N–H and O–H groups in total. The summed E-state index contributed by atoms with van der Waals surface area (Å²) in [4.78, 5) is 13.3. The first-order chi connectivity index (χ1) is 8.54. The Bertz CT molecular complexity index is 808. The molecule has 3 aromatic heterocycles. The molecule has 3 heteroatoms.